The molecule has 0 aliphatic heterocycles. The van der Waals surface area contributed by atoms with Crippen LogP contribution in [0.4, 0.5) is 11.8 Å². The second-order valence-corrected chi connectivity index (χ2v) is 3.29. The Morgan fingerprint density at radius 3 is 2.83 bits per heavy atom. The summed E-state index contributed by atoms with van der Waals surface area (Å²) in [6.45, 7) is 0. The van der Waals surface area contributed by atoms with E-state index < -0.39 is 0 Å². The minimum atomic E-state index is 0.252. The number of rotatable bonds is 2. The third-order valence-corrected chi connectivity index (χ3v) is 1.67. The van der Waals surface area contributed by atoms with Crippen molar-refractivity contribution in [1.82, 2.24) is 15.0 Å². The van der Waals surface area contributed by atoms with Gasteiger partial charge in [0.15, 0.2) is 5.82 Å². The Morgan fingerprint density at radius 2 is 2.25 bits per heavy atom. The molecule has 5 nitrogen and oxygen atoms in total. The van der Waals surface area contributed by atoms with Crippen molar-refractivity contribution < 1.29 is 0 Å². The fraction of sp³-hybridized carbons (Fsp3) is 0.333. The first kappa shape index (κ1) is 9.21. The number of hydrazine groups is 1. The van der Waals surface area contributed by atoms with E-state index in [1.54, 1.807) is 11.2 Å². The highest BCUT2D eigenvalue weighted by molar-refractivity contribution is 9.10. The SMILES string of the molecule is CN(C)Nc1nc(N)ncc1Br. The molecule has 0 saturated carbocycles. The zero-order chi connectivity index (χ0) is 9.14. The van der Waals surface area contributed by atoms with Gasteiger partial charge in [-0.1, -0.05) is 0 Å². The Kier molecular flexibility index (Phi) is 2.83. The van der Waals surface area contributed by atoms with Crippen LogP contribution in [0.25, 0.3) is 0 Å². The molecule has 0 saturated heterocycles. The van der Waals surface area contributed by atoms with Crippen LogP contribution in [0.2, 0.25) is 0 Å². The highest BCUT2D eigenvalue weighted by Gasteiger charge is 2.02. The van der Waals surface area contributed by atoms with Crippen molar-refractivity contribution >= 4 is 27.7 Å². The molecule has 0 aliphatic rings. The molecule has 1 heterocycles. The van der Waals surface area contributed by atoms with Crippen LogP contribution < -0.4 is 11.2 Å². The van der Waals surface area contributed by atoms with Crippen LogP contribution in [-0.4, -0.2) is 29.1 Å². The lowest BCUT2D eigenvalue weighted by Gasteiger charge is -2.13. The summed E-state index contributed by atoms with van der Waals surface area (Å²) in [5.41, 5.74) is 8.37. The number of nitrogens with two attached hydrogens (primary N) is 1. The second-order valence-electron chi connectivity index (χ2n) is 2.43. The Bertz CT molecular complexity index is 275. The zero-order valence-corrected chi connectivity index (χ0v) is 8.46. The number of anilines is 2. The van der Waals surface area contributed by atoms with Crippen LogP contribution in [0, 0.1) is 0 Å². The van der Waals surface area contributed by atoms with Gasteiger partial charge in [-0.15, -0.1) is 0 Å². The normalized spacial score (nSPS) is 10.3. The molecule has 1 aromatic rings. The van der Waals surface area contributed by atoms with Gasteiger partial charge < -0.3 is 11.2 Å². The Balaban J connectivity index is 2.90. The molecule has 0 fully saturated rings. The van der Waals surface area contributed by atoms with Crippen molar-refractivity contribution in [3.63, 3.8) is 0 Å². The van der Waals surface area contributed by atoms with E-state index in [2.05, 4.69) is 31.3 Å². The Labute approximate surface area is 79.1 Å². The van der Waals surface area contributed by atoms with Gasteiger partial charge in [-0.05, 0) is 15.9 Å². The van der Waals surface area contributed by atoms with Crippen LogP contribution in [0.15, 0.2) is 10.7 Å². The van der Waals surface area contributed by atoms with E-state index in [1.165, 1.54) is 0 Å². The van der Waals surface area contributed by atoms with Crippen LogP contribution in [0.1, 0.15) is 0 Å². The molecular formula is C6H10BrN5. The van der Waals surface area contributed by atoms with E-state index in [4.69, 9.17) is 5.73 Å². The summed E-state index contributed by atoms with van der Waals surface area (Å²) in [4.78, 5) is 7.79. The van der Waals surface area contributed by atoms with E-state index in [1.807, 2.05) is 14.1 Å². The highest BCUT2D eigenvalue weighted by atomic mass is 79.9. The third kappa shape index (κ3) is 2.31. The number of hydrogen-bond acceptors (Lipinski definition) is 5. The van der Waals surface area contributed by atoms with Crippen molar-refractivity contribution in [2.24, 2.45) is 0 Å². The van der Waals surface area contributed by atoms with Crippen LogP contribution >= 0.6 is 15.9 Å². The lowest BCUT2D eigenvalue weighted by molar-refractivity contribution is 0.492. The molecule has 12 heavy (non-hydrogen) atoms. The first-order valence-corrected chi connectivity index (χ1v) is 4.11. The standard InChI is InChI=1S/C6H10BrN5/c1-12(2)11-5-4(7)3-9-6(8)10-5/h3H,1-2H3,(H3,8,9,10,11). The van der Waals surface area contributed by atoms with E-state index in [9.17, 15) is 0 Å². The quantitative estimate of drug-likeness (QED) is 0.735. The van der Waals surface area contributed by atoms with Gasteiger partial charge >= 0.3 is 0 Å². The first-order valence-electron chi connectivity index (χ1n) is 3.31. The summed E-state index contributed by atoms with van der Waals surface area (Å²) in [6.07, 6.45) is 1.61. The van der Waals surface area contributed by atoms with Crippen molar-refractivity contribution in [3.8, 4) is 0 Å². The topological polar surface area (TPSA) is 67.1 Å². The molecule has 0 aromatic carbocycles. The average Bonchev–Trinajstić information content (AvgIpc) is 1.96. The number of nitrogen functional groups attached to an aromatic ring is 1. The predicted molar refractivity (Wildman–Crippen MR) is 51.5 cm³/mol. The van der Waals surface area contributed by atoms with Gasteiger partial charge in [-0.2, -0.15) is 4.98 Å². The van der Waals surface area contributed by atoms with Crippen LogP contribution in [-0.2, 0) is 0 Å². The van der Waals surface area contributed by atoms with Crippen LogP contribution in [0.5, 0.6) is 0 Å². The largest absolute Gasteiger partial charge is 0.368 e. The highest BCUT2D eigenvalue weighted by Crippen LogP contribution is 2.18. The fourth-order valence-electron chi connectivity index (χ4n) is 0.671. The summed E-state index contributed by atoms with van der Waals surface area (Å²) in [6, 6.07) is 0. The maximum absolute atomic E-state index is 5.40. The smallest absolute Gasteiger partial charge is 0.222 e. The molecule has 0 bridgehead atoms. The van der Waals surface area contributed by atoms with E-state index >= 15 is 0 Å². The Morgan fingerprint density at radius 1 is 1.58 bits per heavy atom. The van der Waals surface area contributed by atoms with Gasteiger partial charge in [0, 0.05) is 20.3 Å². The summed E-state index contributed by atoms with van der Waals surface area (Å²) >= 11 is 3.29. The van der Waals surface area contributed by atoms with Crippen molar-refractivity contribution in [1.29, 1.82) is 0 Å². The molecule has 1 rings (SSSR count). The molecule has 1 aromatic heterocycles. The lowest BCUT2D eigenvalue weighted by atomic mass is 10.6. The molecule has 0 aliphatic carbocycles. The van der Waals surface area contributed by atoms with Gasteiger partial charge in [-0.25, -0.2) is 9.99 Å². The van der Waals surface area contributed by atoms with Gasteiger partial charge in [0.1, 0.15) is 0 Å². The second kappa shape index (κ2) is 3.68. The van der Waals surface area contributed by atoms with Gasteiger partial charge in [0.2, 0.25) is 5.95 Å². The molecule has 66 valence electrons. The van der Waals surface area contributed by atoms with E-state index in [0.29, 0.717) is 5.82 Å². The number of hydrogen-bond donors (Lipinski definition) is 2. The third-order valence-electron chi connectivity index (χ3n) is 1.09. The van der Waals surface area contributed by atoms with Crippen LogP contribution in [0.3, 0.4) is 0 Å². The first-order chi connectivity index (χ1) is 5.59. The summed E-state index contributed by atoms with van der Waals surface area (Å²) in [7, 11) is 3.73. The number of nitrogens with zero attached hydrogens (tertiary/aromatic N) is 3. The average molecular weight is 232 g/mol. The molecule has 0 amide bonds. The lowest BCUT2D eigenvalue weighted by Crippen LogP contribution is -2.21. The minimum Gasteiger partial charge on any atom is -0.368 e. The monoisotopic (exact) mass is 231 g/mol. The molecule has 0 unspecified atom stereocenters. The maximum Gasteiger partial charge on any atom is 0.222 e. The van der Waals surface area contributed by atoms with Gasteiger partial charge in [-0.3, -0.25) is 0 Å². The number of nitrogens with one attached hydrogen (secondary N) is 1. The maximum atomic E-state index is 5.40. The van der Waals surface area contributed by atoms with Crippen molar-refractivity contribution in [2.45, 2.75) is 0 Å². The summed E-state index contributed by atoms with van der Waals surface area (Å²) in [5, 5.41) is 1.77. The molecule has 3 N–H and O–H groups in total. The van der Waals surface area contributed by atoms with Gasteiger partial charge in [0.25, 0.3) is 0 Å². The molecule has 0 radical (unpaired) electrons. The van der Waals surface area contributed by atoms with Gasteiger partial charge in [0.05, 0.1) is 4.47 Å². The summed E-state index contributed by atoms with van der Waals surface area (Å²) < 4.78 is 0.783. The predicted octanol–water partition coefficient (Wildman–Crippen LogP) is 0.710. The molecule has 6 heteroatoms. The van der Waals surface area contributed by atoms with E-state index in [0.717, 1.165) is 4.47 Å². The molecular weight excluding hydrogens is 222 g/mol. The zero-order valence-electron chi connectivity index (χ0n) is 6.87. The number of halogens is 1. The molecule has 0 atom stereocenters. The van der Waals surface area contributed by atoms with Crippen molar-refractivity contribution in [2.75, 3.05) is 25.3 Å². The van der Waals surface area contributed by atoms with E-state index in [-0.39, 0.29) is 5.95 Å². The summed E-state index contributed by atoms with van der Waals surface area (Å²) in [5.74, 6) is 0.912. The minimum absolute atomic E-state index is 0.252. The van der Waals surface area contributed by atoms with Crippen molar-refractivity contribution in [3.05, 3.63) is 10.7 Å². The molecule has 0 spiro atoms. The Hall–Kier alpha value is -0.880. The number of aromatic nitrogens is 2. The fourth-order valence-corrected chi connectivity index (χ4v) is 0.951.